The second-order valence-electron chi connectivity index (χ2n) is 9.59. The second-order valence-corrected chi connectivity index (χ2v) is 13.5. The van der Waals surface area contributed by atoms with Gasteiger partial charge in [0.05, 0.1) is 22.3 Å². The maximum atomic E-state index is 13.0. The van der Waals surface area contributed by atoms with Gasteiger partial charge >= 0.3 is 0 Å². The number of ether oxygens (including phenoxy) is 1. The standard InChI is InChI=1S/C26H35N3O6S2/c1-21-7-11-24(12-8-21)37(33,34)29-18-5-6-22(20-29)26(30)27-15-19-35-23-9-13-25(14-10-23)36(31,32)28-16-3-2-4-17-28/h7-14,22H,2-6,15-20H2,1H3,(H,27,30)/t22-/m0/s1. The summed E-state index contributed by atoms with van der Waals surface area (Å²) in [6.07, 6.45) is 4.06. The average Bonchev–Trinajstić information content (AvgIpc) is 2.92. The smallest absolute Gasteiger partial charge is 0.243 e. The summed E-state index contributed by atoms with van der Waals surface area (Å²) in [6, 6.07) is 13.1. The Bertz CT molecular complexity index is 1270. The van der Waals surface area contributed by atoms with Gasteiger partial charge in [0, 0.05) is 26.2 Å². The number of nitrogens with one attached hydrogen (secondary N) is 1. The fourth-order valence-electron chi connectivity index (χ4n) is 4.68. The summed E-state index contributed by atoms with van der Waals surface area (Å²) in [5.74, 6) is -0.108. The van der Waals surface area contributed by atoms with E-state index in [0.29, 0.717) is 38.2 Å². The molecule has 1 amide bonds. The Morgan fingerprint density at radius 3 is 2.05 bits per heavy atom. The Morgan fingerprint density at radius 1 is 0.838 bits per heavy atom. The van der Waals surface area contributed by atoms with E-state index in [4.69, 9.17) is 4.74 Å². The molecule has 0 aromatic heterocycles. The summed E-state index contributed by atoms with van der Waals surface area (Å²) in [5, 5.41) is 2.83. The largest absolute Gasteiger partial charge is 0.492 e. The first kappa shape index (κ1) is 27.6. The highest BCUT2D eigenvalue weighted by Crippen LogP contribution is 2.25. The molecule has 0 unspecified atom stereocenters. The zero-order valence-corrected chi connectivity index (χ0v) is 22.8. The highest BCUT2D eigenvalue weighted by Gasteiger charge is 2.33. The van der Waals surface area contributed by atoms with Crippen molar-refractivity contribution in [3.05, 3.63) is 54.1 Å². The Morgan fingerprint density at radius 2 is 1.41 bits per heavy atom. The van der Waals surface area contributed by atoms with Gasteiger partial charge in [0.15, 0.2) is 0 Å². The van der Waals surface area contributed by atoms with Crippen molar-refractivity contribution in [1.29, 1.82) is 0 Å². The SMILES string of the molecule is Cc1ccc(S(=O)(=O)N2CCC[C@H](C(=O)NCCOc3ccc(S(=O)(=O)N4CCCCC4)cc3)C2)cc1. The molecule has 9 nitrogen and oxygen atoms in total. The first-order chi connectivity index (χ1) is 17.7. The van der Waals surface area contributed by atoms with E-state index in [1.54, 1.807) is 48.5 Å². The number of nitrogens with zero attached hydrogens (tertiary/aromatic N) is 2. The molecule has 4 rings (SSSR count). The predicted octanol–water partition coefficient (Wildman–Crippen LogP) is 2.77. The summed E-state index contributed by atoms with van der Waals surface area (Å²) >= 11 is 0. The quantitative estimate of drug-likeness (QED) is 0.482. The molecular weight excluding hydrogens is 514 g/mol. The summed E-state index contributed by atoms with van der Waals surface area (Å²) in [5.41, 5.74) is 0.982. The van der Waals surface area contributed by atoms with Crippen LogP contribution >= 0.6 is 0 Å². The number of amides is 1. The van der Waals surface area contributed by atoms with Crippen molar-refractivity contribution in [3.8, 4) is 5.75 Å². The fourth-order valence-corrected chi connectivity index (χ4v) is 7.72. The average molecular weight is 550 g/mol. The number of rotatable bonds is 9. The molecule has 0 bridgehead atoms. The fraction of sp³-hybridized carbons (Fsp3) is 0.500. The topological polar surface area (TPSA) is 113 Å². The van der Waals surface area contributed by atoms with Gasteiger partial charge in [-0.2, -0.15) is 8.61 Å². The predicted molar refractivity (Wildman–Crippen MR) is 140 cm³/mol. The van der Waals surface area contributed by atoms with E-state index in [-0.39, 0.29) is 35.4 Å². The monoisotopic (exact) mass is 549 g/mol. The minimum Gasteiger partial charge on any atom is -0.492 e. The van der Waals surface area contributed by atoms with Crippen LogP contribution in [0.15, 0.2) is 58.3 Å². The molecule has 2 aliphatic heterocycles. The van der Waals surface area contributed by atoms with Crippen molar-refractivity contribution in [1.82, 2.24) is 13.9 Å². The number of hydrogen-bond acceptors (Lipinski definition) is 6. The zero-order valence-electron chi connectivity index (χ0n) is 21.1. The highest BCUT2D eigenvalue weighted by molar-refractivity contribution is 7.89. The van der Waals surface area contributed by atoms with Crippen molar-refractivity contribution in [3.63, 3.8) is 0 Å². The van der Waals surface area contributed by atoms with Crippen LogP contribution in [0, 0.1) is 12.8 Å². The van der Waals surface area contributed by atoms with Crippen LogP contribution in [-0.2, 0) is 24.8 Å². The van der Waals surface area contributed by atoms with E-state index in [0.717, 1.165) is 24.8 Å². The molecule has 2 heterocycles. The summed E-state index contributed by atoms with van der Waals surface area (Å²) in [6.45, 7) is 4.02. The molecule has 2 saturated heterocycles. The number of hydrogen-bond donors (Lipinski definition) is 1. The highest BCUT2D eigenvalue weighted by atomic mass is 32.2. The minimum atomic E-state index is -3.65. The van der Waals surface area contributed by atoms with E-state index in [9.17, 15) is 21.6 Å². The molecule has 0 spiro atoms. The van der Waals surface area contributed by atoms with Crippen molar-refractivity contribution in [2.24, 2.45) is 5.92 Å². The minimum absolute atomic E-state index is 0.149. The molecule has 1 atom stereocenters. The first-order valence-corrected chi connectivity index (χ1v) is 15.6. The maximum Gasteiger partial charge on any atom is 0.243 e. The summed E-state index contributed by atoms with van der Waals surface area (Å²) in [7, 11) is -7.13. The Balaban J connectivity index is 1.24. The number of aryl methyl sites for hydroxylation is 1. The van der Waals surface area contributed by atoms with Crippen LogP contribution in [0.3, 0.4) is 0 Å². The van der Waals surface area contributed by atoms with Gasteiger partial charge in [0.1, 0.15) is 12.4 Å². The van der Waals surface area contributed by atoms with Gasteiger partial charge in [0.2, 0.25) is 26.0 Å². The lowest BCUT2D eigenvalue weighted by molar-refractivity contribution is -0.126. The van der Waals surface area contributed by atoms with Gasteiger partial charge in [-0.15, -0.1) is 0 Å². The lowest BCUT2D eigenvalue weighted by Crippen LogP contribution is -2.45. The van der Waals surface area contributed by atoms with Gasteiger partial charge in [-0.3, -0.25) is 4.79 Å². The van der Waals surface area contributed by atoms with Gasteiger partial charge < -0.3 is 10.1 Å². The molecular formula is C26H35N3O6S2. The Labute approximate surface area is 219 Å². The van der Waals surface area contributed by atoms with Crippen LogP contribution in [0.4, 0.5) is 0 Å². The van der Waals surface area contributed by atoms with Crippen LogP contribution in [0.2, 0.25) is 0 Å². The lowest BCUT2D eigenvalue weighted by atomic mass is 9.99. The molecule has 2 fully saturated rings. The third kappa shape index (κ3) is 6.70. The molecule has 2 aromatic rings. The van der Waals surface area contributed by atoms with Crippen molar-refractivity contribution in [2.45, 2.75) is 48.8 Å². The van der Waals surface area contributed by atoms with Gasteiger partial charge in [-0.25, -0.2) is 16.8 Å². The van der Waals surface area contributed by atoms with Gasteiger partial charge in [-0.05, 0) is 69.0 Å². The number of carbonyl (C=O) groups is 1. The number of carbonyl (C=O) groups excluding carboxylic acids is 1. The second kappa shape index (κ2) is 11.9. The van der Waals surface area contributed by atoms with Gasteiger partial charge in [0.25, 0.3) is 0 Å². The molecule has 0 radical (unpaired) electrons. The van der Waals surface area contributed by atoms with Gasteiger partial charge in [-0.1, -0.05) is 24.1 Å². The molecule has 0 saturated carbocycles. The van der Waals surface area contributed by atoms with Crippen molar-refractivity contribution < 1.29 is 26.4 Å². The normalized spacial score (nSPS) is 19.9. The van der Waals surface area contributed by atoms with E-state index >= 15 is 0 Å². The molecule has 11 heteroatoms. The van der Waals surface area contributed by atoms with Crippen LogP contribution in [0.5, 0.6) is 5.75 Å². The van der Waals surface area contributed by atoms with E-state index < -0.39 is 26.0 Å². The first-order valence-electron chi connectivity index (χ1n) is 12.8. The Hall–Kier alpha value is -2.47. The Kier molecular flexibility index (Phi) is 8.89. The molecule has 37 heavy (non-hydrogen) atoms. The van der Waals surface area contributed by atoms with Crippen LogP contribution in [0.1, 0.15) is 37.7 Å². The van der Waals surface area contributed by atoms with E-state index in [1.165, 1.54) is 8.61 Å². The van der Waals surface area contributed by atoms with E-state index in [1.807, 2.05) is 6.92 Å². The van der Waals surface area contributed by atoms with Crippen LogP contribution < -0.4 is 10.1 Å². The van der Waals surface area contributed by atoms with Crippen LogP contribution in [-0.4, -0.2) is 70.7 Å². The lowest BCUT2D eigenvalue weighted by Gasteiger charge is -2.31. The summed E-state index contributed by atoms with van der Waals surface area (Å²) < 4.78 is 60.1. The molecule has 1 N–H and O–H groups in total. The van der Waals surface area contributed by atoms with E-state index in [2.05, 4.69) is 5.32 Å². The van der Waals surface area contributed by atoms with Crippen molar-refractivity contribution >= 4 is 26.0 Å². The molecule has 202 valence electrons. The number of piperidine rings is 2. The number of sulfonamides is 2. The van der Waals surface area contributed by atoms with Crippen LogP contribution in [0.25, 0.3) is 0 Å². The third-order valence-electron chi connectivity index (χ3n) is 6.86. The number of benzene rings is 2. The van der Waals surface area contributed by atoms with Crippen molar-refractivity contribution in [2.75, 3.05) is 39.3 Å². The molecule has 2 aromatic carbocycles. The molecule has 2 aliphatic rings. The third-order valence-corrected chi connectivity index (χ3v) is 10.7. The molecule has 0 aliphatic carbocycles. The summed E-state index contributed by atoms with van der Waals surface area (Å²) in [4.78, 5) is 13.2. The maximum absolute atomic E-state index is 13.0. The zero-order chi connectivity index (χ0) is 26.5.